The maximum absolute atomic E-state index is 13.4. The van der Waals surface area contributed by atoms with Gasteiger partial charge in [0.25, 0.3) is 0 Å². The number of nitrogens with one attached hydrogen (secondary N) is 1. The number of pyridine rings is 1. The lowest BCUT2D eigenvalue weighted by atomic mass is 9.78. The van der Waals surface area contributed by atoms with Crippen molar-refractivity contribution in [3.05, 3.63) is 65.2 Å². The van der Waals surface area contributed by atoms with Gasteiger partial charge in [-0.05, 0) is 55.0 Å². The molecule has 3 rings (SSSR count). The van der Waals surface area contributed by atoms with E-state index in [4.69, 9.17) is 0 Å². The molecular weight excluding hydrogens is 251 g/mol. The largest absolute Gasteiger partial charge is 0.313 e. The van der Waals surface area contributed by atoms with Crippen LogP contribution in [0.5, 0.6) is 0 Å². The SMILES string of the molecule is CNC(c1cncc(F)c1)C1CCc2ccccc2C1. The van der Waals surface area contributed by atoms with E-state index in [1.54, 1.807) is 12.3 Å². The van der Waals surface area contributed by atoms with E-state index >= 15 is 0 Å². The van der Waals surface area contributed by atoms with Crippen LogP contribution in [0.2, 0.25) is 0 Å². The Morgan fingerprint density at radius 2 is 2.05 bits per heavy atom. The molecule has 0 saturated carbocycles. The molecule has 2 nitrogen and oxygen atoms in total. The van der Waals surface area contributed by atoms with Crippen LogP contribution in [0.15, 0.2) is 42.7 Å². The summed E-state index contributed by atoms with van der Waals surface area (Å²) in [6, 6.07) is 10.4. The molecular formula is C17H19FN2. The van der Waals surface area contributed by atoms with Crippen LogP contribution in [0, 0.1) is 11.7 Å². The van der Waals surface area contributed by atoms with Gasteiger partial charge in [0.2, 0.25) is 0 Å². The Balaban J connectivity index is 1.85. The fourth-order valence-electron chi connectivity index (χ4n) is 3.28. The first-order valence-electron chi connectivity index (χ1n) is 7.12. The first-order chi connectivity index (χ1) is 9.78. The monoisotopic (exact) mass is 270 g/mol. The van der Waals surface area contributed by atoms with Crippen LogP contribution in [-0.2, 0) is 12.8 Å². The number of fused-ring (bicyclic) bond motifs is 1. The van der Waals surface area contributed by atoms with Gasteiger partial charge >= 0.3 is 0 Å². The van der Waals surface area contributed by atoms with Gasteiger partial charge in [-0.1, -0.05) is 24.3 Å². The Bertz CT molecular complexity index is 597. The molecule has 1 aliphatic carbocycles. The van der Waals surface area contributed by atoms with E-state index in [9.17, 15) is 4.39 Å². The molecule has 20 heavy (non-hydrogen) atoms. The van der Waals surface area contributed by atoms with Crippen molar-refractivity contribution in [3.63, 3.8) is 0 Å². The molecule has 1 heterocycles. The molecule has 1 aliphatic rings. The molecule has 0 radical (unpaired) electrons. The lowest BCUT2D eigenvalue weighted by Crippen LogP contribution is -2.29. The predicted octanol–water partition coefficient (Wildman–Crippen LogP) is 3.29. The van der Waals surface area contributed by atoms with Crippen molar-refractivity contribution in [1.82, 2.24) is 10.3 Å². The summed E-state index contributed by atoms with van der Waals surface area (Å²) in [4.78, 5) is 3.98. The number of hydrogen-bond donors (Lipinski definition) is 1. The Morgan fingerprint density at radius 1 is 1.25 bits per heavy atom. The molecule has 2 atom stereocenters. The van der Waals surface area contributed by atoms with Crippen LogP contribution in [0.3, 0.4) is 0 Å². The zero-order valence-electron chi connectivity index (χ0n) is 11.6. The zero-order chi connectivity index (χ0) is 13.9. The fraction of sp³-hybridized carbons (Fsp3) is 0.353. The number of aryl methyl sites for hydroxylation is 1. The van der Waals surface area contributed by atoms with E-state index < -0.39 is 0 Å². The van der Waals surface area contributed by atoms with E-state index in [2.05, 4.69) is 34.6 Å². The fourth-order valence-corrected chi connectivity index (χ4v) is 3.28. The standard InChI is InChI=1S/C17H19FN2/c1-19-17(15-9-16(18)11-20-10-15)14-7-6-12-4-2-3-5-13(12)8-14/h2-5,9-11,14,17,19H,6-8H2,1H3. The molecule has 2 unspecified atom stereocenters. The predicted molar refractivity (Wildman–Crippen MR) is 78.0 cm³/mol. The molecule has 1 aromatic heterocycles. The number of benzene rings is 1. The van der Waals surface area contributed by atoms with Crippen molar-refractivity contribution >= 4 is 0 Å². The average Bonchev–Trinajstić information content (AvgIpc) is 2.48. The third kappa shape index (κ3) is 2.59. The molecule has 0 amide bonds. The van der Waals surface area contributed by atoms with Gasteiger partial charge in [0, 0.05) is 12.2 Å². The Morgan fingerprint density at radius 3 is 2.80 bits per heavy atom. The average molecular weight is 270 g/mol. The Labute approximate surface area is 119 Å². The van der Waals surface area contributed by atoms with Gasteiger partial charge in [-0.3, -0.25) is 4.98 Å². The van der Waals surface area contributed by atoms with E-state index in [1.165, 1.54) is 17.3 Å². The number of rotatable bonds is 3. The van der Waals surface area contributed by atoms with E-state index in [-0.39, 0.29) is 11.9 Å². The molecule has 1 N–H and O–H groups in total. The minimum atomic E-state index is -0.265. The van der Waals surface area contributed by atoms with Gasteiger partial charge in [-0.15, -0.1) is 0 Å². The van der Waals surface area contributed by atoms with Crippen LogP contribution in [0.25, 0.3) is 0 Å². The highest BCUT2D eigenvalue weighted by Crippen LogP contribution is 2.33. The molecule has 0 fully saturated rings. The summed E-state index contributed by atoms with van der Waals surface area (Å²) in [6.45, 7) is 0. The van der Waals surface area contributed by atoms with Crippen LogP contribution in [0.1, 0.15) is 29.2 Å². The second-order valence-corrected chi connectivity index (χ2v) is 5.47. The molecule has 2 aromatic rings. The third-order valence-electron chi connectivity index (χ3n) is 4.25. The van der Waals surface area contributed by atoms with Crippen molar-refractivity contribution in [1.29, 1.82) is 0 Å². The normalized spacial score (nSPS) is 19.4. The highest BCUT2D eigenvalue weighted by atomic mass is 19.1. The molecule has 0 saturated heterocycles. The van der Waals surface area contributed by atoms with Gasteiger partial charge in [0.1, 0.15) is 5.82 Å². The molecule has 0 bridgehead atoms. The van der Waals surface area contributed by atoms with Crippen LogP contribution >= 0.6 is 0 Å². The number of hydrogen-bond acceptors (Lipinski definition) is 2. The van der Waals surface area contributed by atoms with Gasteiger partial charge in [-0.2, -0.15) is 0 Å². The maximum atomic E-state index is 13.4. The Hall–Kier alpha value is -1.74. The van der Waals surface area contributed by atoms with Gasteiger partial charge in [0.15, 0.2) is 0 Å². The van der Waals surface area contributed by atoms with Crippen LogP contribution in [0.4, 0.5) is 4.39 Å². The maximum Gasteiger partial charge on any atom is 0.141 e. The summed E-state index contributed by atoms with van der Waals surface area (Å²) in [7, 11) is 1.94. The smallest absolute Gasteiger partial charge is 0.141 e. The summed E-state index contributed by atoms with van der Waals surface area (Å²) in [5.74, 6) is 0.220. The van der Waals surface area contributed by atoms with Gasteiger partial charge in [0.05, 0.1) is 6.20 Å². The van der Waals surface area contributed by atoms with Gasteiger partial charge in [-0.25, -0.2) is 4.39 Å². The summed E-state index contributed by atoms with van der Waals surface area (Å²) < 4.78 is 13.4. The van der Waals surface area contributed by atoms with Crippen molar-refractivity contribution < 1.29 is 4.39 Å². The minimum absolute atomic E-state index is 0.159. The van der Waals surface area contributed by atoms with Crippen LogP contribution < -0.4 is 5.32 Å². The van der Waals surface area contributed by atoms with Gasteiger partial charge < -0.3 is 5.32 Å². The first-order valence-corrected chi connectivity index (χ1v) is 7.12. The van der Waals surface area contributed by atoms with Crippen molar-refractivity contribution in [3.8, 4) is 0 Å². The number of halogens is 1. The van der Waals surface area contributed by atoms with Crippen molar-refractivity contribution in [2.24, 2.45) is 5.92 Å². The molecule has 104 valence electrons. The molecule has 1 aromatic carbocycles. The zero-order valence-corrected chi connectivity index (χ0v) is 11.6. The molecule has 0 aliphatic heterocycles. The molecule has 0 spiro atoms. The number of nitrogens with zero attached hydrogens (tertiary/aromatic N) is 1. The quantitative estimate of drug-likeness (QED) is 0.925. The lowest BCUT2D eigenvalue weighted by Gasteiger charge is -2.31. The van der Waals surface area contributed by atoms with Crippen molar-refractivity contribution in [2.75, 3.05) is 7.05 Å². The second kappa shape index (κ2) is 5.71. The third-order valence-corrected chi connectivity index (χ3v) is 4.25. The molecule has 3 heteroatoms. The lowest BCUT2D eigenvalue weighted by molar-refractivity contribution is 0.340. The number of aromatic nitrogens is 1. The second-order valence-electron chi connectivity index (χ2n) is 5.47. The topological polar surface area (TPSA) is 24.9 Å². The Kier molecular flexibility index (Phi) is 3.79. The van der Waals surface area contributed by atoms with E-state index in [0.29, 0.717) is 5.92 Å². The van der Waals surface area contributed by atoms with E-state index in [1.807, 2.05) is 7.05 Å². The minimum Gasteiger partial charge on any atom is -0.313 e. The summed E-state index contributed by atoms with van der Waals surface area (Å²) in [5.41, 5.74) is 3.82. The highest BCUT2D eigenvalue weighted by molar-refractivity contribution is 5.31. The summed E-state index contributed by atoms with van der Waals surface area (Å²) >= 11 is 0. The summed E-state index contributed by atoms with van der Waals surface area (Å²) in [6.07, 6.45) is 6.29. The summed E-state index contributed by atoms with van der Waals surface area (Å²) in [5, 5.41) is 3.34. The first kappa shape index (κ1) is 13.3. The van der Waals surface area contributed by atoms with E-state index in [0.717, 1.165) is 24.8 Å². The highest BCUT2D eigenvalue weighted by Gasteiger charge is 2.26. The van der Waals surface area contributed by atoms with Crippen LogP contribution in [-0.4, -0.2) is 12.0 Å². The van der Waals surface area contributed by atoms with Crippen molar-refractivity contribution in [2.45, 2.75) is 25.3 Å².